The van der Waals surface area contributed by atoms with Gasteiger partial charge in [0.05, 0.1) is 7.11 Å². The number of hydrogen-bond donors (Lipinski definition) is 2. The molecule has 1 fully saturated rings. The largest absolute Gasteiger partial charge is 0.508 e. The van der Waals surface area contributed by atoms with Gasteiger partial charge in [-0.2, -0.15) is 0 Å². The quantitative estimate of drug-likeness (QED) is 0.662. The van der Waals surface area contributed by atoms with Crippen LogP contribution in [0.3, 0.4) is 0 Å². The lowest BCUT2D eigenvalue weighted by Gasteiger charge is -2.32. The summed E-state index contributed by atoms with van der Waals surface area (Å²) in [6.45, 7) is 5.18. The number of hydrogen-bond acceptors (Lipinski definition) is 3. The van der Waals surface area contributed by atoms with E-state index in [9.17, 15) is 5.11 Å². The van der Waals surface area contributed by atoms with E-state index in [2.05, 4.69) is 22.1 Å². The molecule has 0 aromatic heterocycles. The van der Waals surface area contributed by atoms with Gasteiger partial charge in [0.2, 0.25) is 0 Å². The molecule has 2 rings (SSSR count). The summed E-state index contributed by atoms with van der Waals surface area (Å²) in [7, 11) is 3.42. The van der Waals surface area contributed by atoms with Crippen LogP contribution in [0.1, 0.15) is 25.3 Å². The van der Waals surface area contributed by atoms with E-state index in [1.165, 1.54) is 12.8 Å². The molecule has 0 saturated carbocycles. The molecule has 2 N–H and O–H groups in total. The summed E-state index contributed by atoms with van der Waals surface area (Å²) in [6, 6.07) is 5.42. The normalized spacial score (nSPS) is 16.7. The standard InChI is InChI=1S/C17H27N3O2/c1-13-7-10-20(11-8-13)17(18-2)19-9-6-14-4-5-15(22-3)12-16(14)21/h4-5,12-13,21H,6-11H2,1-3H3,(H,18,19). The highest BCUT2D eigenvalue weighted by atomic mass is 16.5. The van der Waals surface area contributed by atoms with Gasteiger partial charge < -0.3 is 20.1 Å². The monoisotopic (exact) mass is 305 g/mol. The molecule has 22 heavy (non-hydrogen) atoms. The summed E-state index contributed by atoms with van der Waals surface area (Å²) in [5, 5.41) is 13.4. The minimum atomic E-state index is 0.280. The number of nitrogens with zero attached hydrogens (tertiary/aromatic N) is 2. The molecule has 5 heteroatoms. The highest BCUT2D eigenvalue weighted by molar-refractivity contribution is 5.79. The van der Waals surface area contributed by atoms with Crippen LogP contribution in [-0.4, -0.2) is 49.8 Å². The molecule has 122 valence electrons. The first-order chi connectivity index (χ1) is 10.6. The van der Waals surface area contributed by atoms with Gasteiger partial charge in [-0.1, -0.05) is 13.0 Å². The van der Waals surface area contributed by atoms with Crippen LogP contribution < -0.4 is 10.1 Å². The predicted octanol–water partition coefficient (Wildman–Crippen LogP) is 2.25. The highest BCUT2D eigenvalue weighted by Gasteiger charge is 2.18. The number of aliphatic imine (C=N–C) groups is 1. The summed E-state index contributed by atoms with van der Waals surface area (Å²) >= 11 is 0. The zero-order chi connectivity index (χ0) is 15.9. The van der Waals surface area contributed by atoms with Crippen molar-refractivity contribution in [3.05, 3.63) is 23.8 Å². The lowest BCUT2D eigenvalue weighted by molar-refractivity contribution is 0.273. The van der Waals surface area contributed by atoms with Crippen LogP contribution in [0.5, 0.6) is 11.5 Å². The summed E-state index contributed by atoms with van der Waals surface area (Å²) in [5.41, 5.74) is 0.913. The third kappa shape index (κ3) is 4.29. The van der Waals surface area contributed by atoms with Crippen molar-refractivity contribution < 1.29 is 9.84 Å². The number of likely N-dealkylation sites (tertiary alicyclic amines) is 1. The summed E-state index contributed by atoms with van der Waals surface area (Å²) in [4.78, 5) is 6.68. The lowest BCUT2D eigenvalue weighted by Crippen LogP contribution is -2.45. The van der Waals surface area contributed by atoms with E-state index in [0.717, 1.165) is 43.5 Å². The van der Waals surface area contributed by atoms with E-state index in [1.807, 2.05) is 19.2 Å². The van der Waals surface area contributed by atoms with Gasteiger partial charge in [-0.15, -0.1) is 0 Å². The average Bonchev–Trinajstić information content (AvgIpc) is 2.54. The smallest absolute Gasteiger partial charge is 0.193 e. The SMILES string of the molecule is CN=C(NCCc1ccc(OC)cc1O)N1CCC(C)CC1. The zero-order valence-corrected chi connectivity index (χ0v) is 13.8. The first kappa shape index (κ1) is 16.5. The molecule has 0 amide bonds. The van der Waals surface area contributed by atoms with Crippen molar-refractivity contribution in [1.82, 2.24) is 10.2 Å². The minimum absolute atomic E-state index is 0.280. The molecule has 1 aliphatic rings. The maximum Gasteiger partial charge on any atom is 0.193 e. The first-order valence-electron chi connectivity index (χ1n) is 7.95. The van der Waals surface area contributed by atoms with Gasteiger partial charge in [0.25, 0.3) is 0 Å². The fourth-order valence-electron chi connectivity index (χ4n) is 2.74. The van der Waals surface area contributed by atoms with Gasteiger partial charge in [0.1, 0.15) is 11.5 Å². The van der Waals surface area contributed by atoms with E-state index in [0.29, 0.717) is 5.75 Å². The van der Waals surface area contributed by atoms with Crippen LogP contribution in [0.15, 0.2) is 23.2 Å². The van der Waals surface area contributed by atoms with Crippen molar-refractivity contribution in [2.45, 2.75) is 26.2 Å². The Morgan fingerprint density at radius 3 is 2.73 bits per heavy atom. The van der Waals surface area contributed by atoms with E-state index >= 15 is 0 Å². The van der Waals surface area contributed by atoms with Crippen molar-refractivity contribution >= 4 is 5.96 Å². The van der Waals surface area contributed by atoms with E-state index in [-0.39, 0.29) is 5.75 Å². The molecule has 0 aliphatic carbocycles. The Labute approximate surface area is 133 Å². The molecule has 1 heterocycles. The maximum absolute atomic E-state index is 9.97. The van der Waals surface area contributed by atoms with Gasteiger partial charge >= 0.3 is 0 Å². The van der Waals surface area contributed by atoms with Crippen LogP contribution in [0.4, 0.5) is 0 Å². The summed E-state index contributed by atoms with van der Waals surface area (Å²) in [6.07, 6.45) is 3.19. The molecular weight excluding hydrogens is 278 g/mol. The van der Waals surface area contributed by atoms with Gasteiger partial charge in [-0.25, -0.2) is 0 Å². The number of ether oxygens (including phenoxy) is 1. The van der Waals surface area contributed by atoms with E-state index in [4.69, 9.17) is 4.74 Å². The second-order valence-electron chi connectivity index (χ2n) is 5.89. The number of aromatic hydroxyl groups is 1. The third-order valence-electron chi connectivity index (χ3n) is 4.26. The topological polar surface area (TPSA) is 57.1 Å². The van der Waals surface area contributed by atoms with Crippen molar-refractivity contribution in [3.63, 3.8) is 0 Å². The molecule has 1 aromatic carbocycles. The Hall–Kier alpha value is -1.91. The van der Waals surface area contributed by atoms with E-state index < -0.39 is 0 Å². The lowest BCUT2D eigenvalue weighted by atomic mass is 9.99. The molecule has 0 radical (unpaired) electrons. The molecule has 0 spiro atoms. The first-order valence-corrected chi connectivity index (χ1v) is 7.95. The fourth-order valence-corrected chi connectivity index (χ4v) is 2.74. The van der Waals surface area contributed by atoms with Gasteiger partial charge in [0, 0.05) is 32.7 Å². The number of phenolic OH excluding ortho intramolecular Hbond substituents is 1. The molecule has 1 saturated heterocycles. The number of methoxy groups -OCH3 is 1. The number of piperidine rings is 1. The number of guanidine groups is 1. The van der Waals surface area contributed by atoms with Gasteiger partial charge in [0.15, 0.2) is 5.96 Å². The Morgan fingerprint density at radius 1 is 1.41 bits per heavy atom. The van der Waals surface area contributed by atoms with Crippen LogP contribution in [0.25, 0.3) is 0 Å². The Balaban J connectivity index is 1.84. The summed E-state index contributed by atoms with van der Waals surface area (Å²) in [5.74, 6) is 2.72. The highest BCUT2D eigenvalue weighted by Crippen LogP contribution is 2.23. The van der Waals surface area contributed by atoms with Crippen molar-refractivity contribution in [2.24, 2.45) is 10.9 Å². The average molecular weight is 305 g/mol. The molecule has 1 aliphatic heterocycles. The van der Waals surface area contributed by atoms with Crippen molar-refractivity contribution in [2.75, 3.05) is 33.8 Å². The number of nitrogens with one attached hydrogen (secondary N) is 1. The minimum Gasteiger partial charge on any atom is -0.508 e. The Morgan fingerprint density at radius 2 is 2.14 bits per heavy atom. The van der Waals surface area contributed by atoms with Crippen LogP contribution in [0.2, 0.25) is 0 Å². The summed E-state index contributed by atoms with van der Waals surface area (Å²) < 4.78 is 5.10. The molecule has 5 nitrogen and oxygen atoms in total. The molecule has 0 unspecified atom stereocenters. The van der Waals surface area contributed by atoms with Crippen molar-refractivity contribution in [3.8, 4) is 11.5 Å². The van der Waals surface area contributed by atoms with Gasteiger partial charge in [-0.05, 0) is 36.8 Å². The Kier molecular flexibility index (Phi) is 5.92. The van der Waals surface area contributed by atoms with Gasteiger partial charge in [-0.3, -0.25) is 4.99 Å². The van der Waals surface area contributed by atoms with Crippen LogP contribution in [0, 0.1) is 5.92 Å². The van der Waals surface area contributed by atoms with Crippen molar-refractivity contribution in [1.29, 1.82) is 0 Å². The number of benzene rings is 1. The van der Waals surface area contributed by atoms with Crippen LogP contribution in [-0.2, 0) is 6.42 Å². The Bertz CT molecular complexity index is 509. The maximum atomic E-state index is 9.97. The third-order valence-corrected chi connectivity index (χ3v) is 4.26. The second-order valence-corrected chi connectivity index (χ2v) is 5.89. The number of rotatable bonds is 4. The fraction of sp³-hybridized carbons (Fsp3) is 0.588. The molecule has 1 aromatic rings. The second kappa shape index (κ2) is 7.92. The zero-order valence-electron chi connectivity index (χ0n) is 13.8. The number of phenols is 1. The van der Waals surface area contributed by atoms with E-state index in [1.54, 1.807) is 13.2 Å². The molecule has 0 bridgehead atoms. The molecular formula is C17H27N3O2. The molecule has 0 atom stereocenters. The predicted molar refractivity (Wildman–Crippen MR) is 89.7 cm³/mol. The van der Waals surface area contributed by atoms with Crippen LogP contribution >= 0.6 is 0 Å².